The summed E-state index contributed by atoms with van der Waals surface area (Å²) in [5.41, 5.74) is 4.11. The summed E-state index contributed by atoms with van der Waals surface area (Å²) in [6.07, 6.45) is 6.53. The molecule has 1 aromatic carbocycles. The minimum Gasteiger partial charge on any atom is -0.480 e. The Bertz CT molecular complexity index is 1150. The van der Waals surface area contributed by atoms with E-state index < -0.39 is 5.97 Å². The Labute approximate surface area is 218 Å². The molecule has 3 heterocycles. The van der Waals surface area contributed by atoms with E-state index in [-0.39, 0.29) is 6.54 Å². The molecule has 2 aromatic heterocycles. The molecule has 0 aliphatic carbocycles. The predicted molar refractivity (Wildman–Crippen MR) is 146 cm³/mol. The summed E-state index contributed by atoms with van der Waals surface area (Å²) < 4.78 is 0. The maximum Gasteiger partial charge on any atom is 0.317 e. The lowest BCUT2D eigenvalue weighted by molar-refractivity contribution is -0.138. The molecule has 0 amide bonds. The first kappa shape index (κ1) is 26.5. The minimum atomic E-state index is -0.766. The number of hydrogen-bond acceptors (Lipinski definition) is 9. The summed E-state index contributed by atoms with van der Waals surface area (Å²) in [6, 6.07) is 12.3. The number of carboxylic acids is 1. The highest BCUT2D eigenvalue weighted by Gasteiger charge is 2.18. The van der Waals surface area contributed by atoms with Gasteiger partial charge in [0.25, 0.3) is 0 Å². The highest BCUT2D eigenvalue weighted by atomic mass is 16.4. The van der Waals surface area contributed by atoms with Crippen LogP contribution in [0.2, 0.25) is 0 Å². The number of piperazine rings is 1. The van der Waals surface area contributed by atoms with Crippen molar-refractivity contribution in [1.82, 2.24) is 30.1 Å². The zero-order valence-electron chi connectivity index (χ0n) is 21.6. The fourth-order valence-corrected chi connectivity index (χ4v) is 4.39. The smallest absolute Gasteiger partial charge is 0.317 e. The maximum atomic E-state index is 10.9. The standard InChI is InChI=1S/C27H36N8O2/c1-28-8-4-10-33(2)27-30-17-23(18-31-27)22-7-9-29-25(16-22)32-24-6-3-5-21(15-24)19-34-11-13-35(14-12-34)20-26(36)37/h3,5-7,9,15-18,28H,4,8,10-14,19-20H2,1-2H3,(H,29,32)(H,36,37). The molecular formula is C27H36N8O2. The lowest BCUT2D eigenvalue weighted by Gasteiger charge is -2.33. The van der Waals surface area contributed by atoms with E-state index in [0.29, 0.717) is 5.95 Å². The van der Waals surface area contributed by atoms with Crippen LogP contribution in [0, 0.1) is 0 Å². The van der Waals surface area contributed by atoms with Crippen LogP contribution in [0.1, 0.15) is 12.0 Å². The molecule has 10 heteroatoms. The third-order valence-electron chi connectivity index (χ3n) is 6.42. The number of carbonyl (C=O) groups is 1. The molecule has 196 valence electrons. The first-order valence-electron chi connectivity index (χ1n) is 12.7. The van der Waals surface area contributed by atoms with Gasteiger partial charge in [-0.15, -0.1) is 0 Å². The van der Waals surface area contributed by atoms with E-state index in [1.165, 1.54) is 5.56 Å². The molecular weight excluding hydrogens is 468 g/mol. The van der Waals surface area contributed by atoms with Gasteiger partial charge >= 0.3 is 5.97 Å². The van der Waals surface area contributed by atoms with Crippen molar-refractivity contribution in [2.24, 2.45) is 0 Å². The molecule has 3 aromatic rings. The zero-order valence-corrected chi connectivity index (χ0v) is 21.6. The number of pyridine rings is 1. The van der Waals surface area contributed by atoms with Crippen LogP contribution in [0.3, 0.4) is 0 Å². The van der Waals surface area contributed by atoms with Crippen LogP contribution < -0.4 is 15.5 Å². The molecule has 0 radical (unpaired) electrons. The Morgan fingerprint density at radius 3 is 2.51 bits per heavy atom. The SMILES string of the molecule is CNCCCN(C)c1ncc(-c2ccnc(Nc3cccc(CN4CCN(CC(=O)O)CC4)c3)c2)cn1. The molecule has 37 heavy (non-hydrogen) atoms. The fraction of sp³-hybridized carbons (Fsp3) is 0.407. The number of nitrogens with zero attached hydrogens (tertiary/aromatic N) is 6. The van der Waals surface area contributed by atoms with Gasteiger partial charge in [0, 0.05) is 76.2 Å². The zero-order chi connectivity index (χ0) is 26.0. The van der Waals surface area contributed by atoms with Crippen LogP contribution in [-0.2, 0) is 11.3 Å². The van der Waals surface area contributed by atoms with Gasteiger partial charge in [-0.25, -0.2) is 15.0 Å². The van der Waals surface area contributed by atoms with Crippen LogP contribution in [0.4, 0.5) is 17.5 Å². The molecule has 1 aliphatic rings. The second-order valence-corrected chi connectivity index (χ2v) is 9.35. The van der Waals surface area contributed by atoms with Crippen LogP contribution in [0.25, 0.3) is 11.1 Å². The van der Waals surface area contributed by atoms with Gasteiger partial charge in [0.1, 0.15) is 5.82 Å². The number of aliphatic carboxylic acids is 1. The van der Waals surface area contributed by atoms with E-state index >= 15 is 0 Å². The van der Waals surface area contributed by atoms with E-state index in [4.69, 9.17) is 5.11 Å². The van der Waals surface area contributed by atoms with Gasteiger partial charge in [-0.1, -0.05) is 12.1 Å². The molecule has 3 N–H and O–H groups in total. The van der Waals surface area contributed by atoms with Gasteiger partial charge in [-0.3, -0.25) is 14.6 Å². The maximum absolute atomic E-state index is 10.9. The summed E-state index contributed by atoms with van der Waals surface area (Å²) in [5.74, 6) is 0.704. The first-order chi connectivity index (χ1) is 18.0. The number of hydrogen-bond donors (Lipinski definition) is 3. The quantitative estimate of drug-likeness (QED) is 0.318. The first-order valence-corrected chi connectivity index (χ1v) is 12.7. The lowest BCUT2D eigenvalue weighted by atomic mass is 10.1. The molecule has 4 rings (SSSR count). The predicted octanol–water partition coefficient (Wildman–Crippen LogP) is 2.53. The highest BCUT2D eigenvalue weighted by Crippen LogP contribution is 2.24. The van der Waals surface area contributed by atoms with Crippen molar-refractivity contribution in [2.75, 3.05) is 70.1 Å². The summed E-state index contributed by atoms with van der Waals surface area (Å²) in [6.45, 7) is 6.08. The lowest BCUT2D eigenvalue weighted by Crippen LogP contribution is -2.47. The summed E-state index contributed by atoms with van der Waals surface area (Å²) in [4.78, 5) is 30.9. The van der Waals surface area contributed by atoms with Gasteiger partial charge in [0.15, 0.2) is 0 Å². The Hall–Kier alpha value is -3.60. The molecule has 10 nitrogen and oxygen atoms in total. The van der Waals surface area contributed by atoms with Gasteiger partial charge in [0.2, 0.25) is 5.95 Å². The molecule has 0 bridgehead atoms. The van der Waals surface area contributed by atoms with E-state index in [1.807, 2.05) is 55.7 Å². The van der Waals surface area contributed by atoms with Crippen LogP contribution in [0.15, 0.2) is 55.0 Å². The Balaban J connectivity index is 1.35. The van der Waals surface area contributed by atoms with Crippen molar-refractivity contribution < 1.29 is 9.90 Å². The number of anilines is 3. The Kier molecular flexibility index (Phi) is 9.36. The van der Waals surface area contributed by atoms with Gasteiger partial charge in [-0.05, 0) is 55.4 Å². The summed E-state index contributed by atoms with van der Waals surface area (Å²) in [7, 11) is 3.96. The Morgan fingerprint density at radius 2 is 1.78 bits per heavy atom. The van der Waals surface area contributed by atoms with E-state index in [0.717, 1.165) is 74.9 Å². The average molecular weight is 505 g/mol. The van der Waals surface area contributed by atoms with Crippen molar-refractivity contribution in [2.45, 2.75) is 13.0 Å². The van der Waals surface area contributed by atoms with Crippen LogP contribution in [0.5, 0.6) is 0 Å². The van der Waals surface area contributed by atoms with Crippen molar-refractivity contribution in [3.05, 3.63) is 60.6 Å². The summed E-state index contributed by atoms with van der Waals surface area (Å²) >= 11 is 0. The van der Waals surface area contributed by atoms with Crippen molar-refractivity contribution in [1.29, 1.82) is 0 Å². The number of rotatable bonds is 12. The minimum absolute atomic E-state index is 0.115. The third kappa shape index (κ3) is 7.94. The second kappa shape index (κ2) is 13.1. The average Bonchev–Trinajstić information content (AvgIpc) is 2.90. The van der Waals surface area contributed by atoms with Crippen LogP contribution >= 0.6 is 0 Å². The third-order valence-corrected chi connectivity index (χ3v) is 6.42. The van der Waals surface area contributed by atoms with Crippen LogP contribution in [-0.4, -0.2) is 95.7 Å². The Morgan fingerprint density at radius 1 is 1.03 bits per heavy atom. The van der Waals surface area contributed by atoms with Gasteiger partial charge in [0.05, 0.1) is 6.54 Å². The van der Waals surface area contributed by atoms with Crippen molar-refractivity contribution in [3.8, 4) is 11.1 Å². The van der Waals surface area contributed by atoms with Crippen molar-refractivity contribution in [3.63, 3.8) is 0 Å². The molecule has 0 atom stereocenters. The highest BCUT2D eigenvalue weighted by molar-refractivity contribution is 5.69. The summed E-state index contributed by atoms with van der Waals surface area (Å²) in [5, 5.41) is 15.6. The normalized spacial score (nSPS) is 14.4. The second-order valence-electron chi connectivity index (χ2n) is 9.35. The molecule has 1 saturated heterocycles. The number of benzene rings is 1. The monoisotopic (exact) mass is 504 g/mol. The van der Waals surface area contributed by atoms with E-state index in [1.54, 1.807) is 6.20 Å². The molecule has 1 fully saturated rings. The van der Waals surface area contributed by atoms with Crippen molar-refractivity contribution >= 4 is 23.4 Å². The number of nitrogens with one attached hydrogen (secondary N) is 2. The number of carboxylic acid groups (broad SMARTS) is 1. The molecule has 0 unspecified atom stereocenters. The van der Waals surface area contributed by atoms with Gasteiger partial charge < -0.3 is 20.6 Å². The molecule has 0 saturated carbocycles. The van der Waals surface area contributed by atoms with E-state index in [9.17, 15) is 4.79 Å². The van der Waals surface area contributed by atoms with Gasteiger partial charge in [-0.2, -0.15) is 0 Å². The van der Waals surface area contributed by atoms with E-state index in [2.05, 4.69) is 47.5 Å². The molecule has 0 spiro atoms. The molecule has 1 aliphatic heterocycles. The number of aromatic nitrogens is 3. The largest absolute Gasteiger partial charge is 0.480 e. The topological polar surface area (TPSA) is 110 Å². The fourth-order valence-electron chi connectivity index (χ4n) is 4.39.